The molecule has 0 rings (SSSR count). The molecule has 6 nitrogen and oxygen atoms in total. The monoisotopic (exact) mass is 904 g/mol. The summed E-state index contributed by atoms with van der Waals surface area (Å²) in [5, 5.41) is 23.8. The van der Waals surface area contributed by atoms with Gasteiger partial charge in [0.2, 0.25) is 5.91 Å². The Kier molecular flexibility index (Phi) is 51.4. The molecular weight excluding hydrogens is 791 g/mol. The maximum absolute atomic E-state index is 13.2. The van der Waals surface area contributed by atoms with Gasteiger partial charge in [-0.15, -0.1) is 0 Å². The van der Waals surface area contributed by atoms with Crippen molar-refractivity contribution in [1.29, 1.82) is 0 Å². The number of allylic oxidation sites excluding steroid dienone is 2. The fourth-order valence-electron chi connectivity index (χ4n) is 9.19. The molecule has 0 spiro atoms. The molecule has 0 aliphatic carbocycles. The molecule has 0 saturated carbocycles. The molecule has 0 fully saturated rings. The van der Waals surface area contributed by atoms with E-state index in [1.54, 1.807) is 0 Å². The highest BCUT2D eigenvalue weighted by Gasteiger charge is 2.24. The van der Waals surface area contributed by atoms with Crippen molar-refractivity contribution in [1.82, 2.24) is 5.32 Å². The lowest BCUT2D eigenvalue weighted by atomic mass is 10.0. The molecule has 3 N–H and O–H groups in total. The highest BCUT2D eigenvalue weighted by Crippen LogP contribution is 2.19. The normalized spacial score (nSPS) is 13.1. The first-order valence-corrected chi connectivity index (χ1v) is 28.9. The summed E-state index contributed by atoms with van der Waals surface area (Å²) < 4.78 is 5.96. The van der Waals surface area contributed by atoms with Crippen LogP contribution in [0.5, 0.6) is 0 Å². The number of carbonyl (C=O) groups is 2. The van der Waals surface area contributed by atoms with E-state index in [0.717, 1.165) is 44.9 Å². The van der Waals surface area contributed by atoms with Crippen LogP contribution < -0.4 is 5.32 Å². The molecule has 3 unspecified atom stereocenters. The van der Waals surface area contributed by atoms with E-state index in [1.807, 2.05) is 0 Å². The summed E-state index contributed by atoms with van der Waals surface area (Å²) in [5.41, 5.74) is 0. The first-order valence-electron chi connectivity index (χ1n) is 28.9. The van der Waals surface area contributed by atoms with Gasteiger partial charge in [-0.05, 0) is 51.4 Å². The number of aliphatic hydroxyl groups is 2. The predicted molar refractivity (Wildman–Crippen MR) is 278 cm³/mol. The van der Waals surface area contributed by atoms with E-state index in [4.69, 9.17) is 4.74 Å². The van der Waals surface area contributed by atoms with Gasteiger partial charge < -0.3 is 20.3 Å². The van der Waals surface area contributed by atoms with Crippen LogP contribution in [0.1, 0.15) is 323 Å². The van der Waals surface area contributed by atoms with E-state index in [0.29, 0.717) is 19.3 Å². The van der Waals surface area contributed by atoms with E-state index in [-0.39, 0.29) is 24.9 Å². The van der Waals surface area contributed by atoms with Crippen molar-refractivity contribution in [2.45, 2.75) is 341 Å². The lowest BCUT2D eigenvalue weighted by molar-refractivity contribution is -0.151. The Labute approximate surface area is 399 Å². The van der Waals surface area contributed by atoms with Crippen LogP contribution in [0, 0.1) is 0 Å². The standard InChI is InChI=1S/C58H113NO5/c1-4-7-10-13-16-19-22-25-26-27-28-29-30-33-36-39-42-45-48-51-58(63)64-54(49-46-43-40-37-34-31-23-20-17-14-11-8-5-2)52-57(62)59-55(53-60)56(61)50-47-44-41-38-35-32-24-21-18-15-12-9-6-3/h25-26,54-56,60-61H,4-24,27-53H2,1-3H3,(H,59,62)/b26-25+. The largest absolute Gasteiger partial charge is 0.462 e. The van der Waals surface area contributed by atoms with Crippen molar-refractivity contribution in [3.8, 4) is 0 Å². The fourth-order valence-corrected chi connectivity index (χ4v) is 9.19. The first-order chi connectivity index (χ1) is 31.5. The average molecular weight is 905 g/mol. The smallest absolute Gasteiger partial charge is 0.306 e. The van der Waals surface area contributed by atoms with Crippen molar-refractivity contribution in [2.75, 3.05) is 6.61 Å². The van der Waals surface area contributed by atoms with Crippen LogP contribution in [-0.2, 0) is 14.3 Å². The summed E-state index contributed by atoms with van der Waals surface area (Å²) in [7, 11) is 0. The first kappa shape index (κ1) is 62.6. The van der Waals surface area contributed by atoms with Gasteiger partial charge >= 0.3 is 5.97 Å². The molecule has 0 radical (unpaired) electrons. The van der Waals surface area contributed by atoms with Gasteiger partial charge in [-0.2, -0.15) is 0 Å². The third-order valence-corrected chi connectivity index (χ3v) is 13.6. The van der Waals surface area contributed by atoms with Crippen molar-refractivity contribution < 1.29 is 24.5 Å². The Hall–Kier alpha value is -1.40. The van der Waals surface area contributed by atoms with E-state index in [2.05, 4.69) is 38.2 Å². The van der Waals surface area contributed by atoms with Crippen molar-refractivity contribution in [3.05, 3.63) is 12.2 Å². The molecule has 0 saturated heterocycles. The number of hydrogen-bond donors (Lipinski definition) is 3. The molecule has 6 heteroatoms. The topological polar surface area (TPSA) is 95.9 Å². The number of unbranched alkanes of at least 4 members (excludes halogenated alkanes) is 39. The van der Waals surface area contributed by atoms with E-state index >= 15 is 0 Å². The van der Waals surface area contributed by atoms with Gasteiger partial charge in [0.25, 0.3) is 0 Å². The van der Waals surface area contributed by atoms with E-state index < -0.39 is 18.2 Å². The van der Waals surface area contributed by atoms with Gasteiger partial charge in [0.15, 0.2) is 0 Å². The Morgan fingerprint density at radius 1 is 0.438 bits per heavy atom. The molecule has 0 aromatic rings. The number of amides is 1. The van der Waals surface area contributed by atoms with Crippen molar-refractivity contribution in [2.24, 2.45) is 0 Å². The summed E-state index contributed by atoms with van der Waals surface area (Å²) in [6, 6.07) is -0.695. The highest BCUT2D eigenvalue weighted by molar-refractivity contribution is 5.77. The van der Waals surface area contributed by atoms with Crippen molar-refractivity contribution >= 4 is 11.9 Å². The van der Waals surface area contributed by atoms with Gasteiger partial charge in [-0.25, -0.2) is 0 Å². The maximum Gasteiger partial charge on any atom is 0.306 e. The molecule has 380 valence electrons. The minimum atomic E-state index is -0.782. The predicted octanol–water partition coefficient (Wildman–Crippen LogP) is 17.7. The second-order valence-corrected chi connectivity index (χ2v) is 20.1. The Balaban J connectivity index is 4.46. The number of rotatable bonds is 53. The zero-order valence-corrected chi connectivity index (χ0v) is 43.4. The van der Waals surface area contributed by atoms with Crippen LogP contribution in [0.3, 0.4) is 0 Å². The molecule has 1 amide bonds. The van der Waals surface area contributed by atoms with E-state index in [1.165, 1.54) is 231 Å². The minimum Gasteiger partial charge on any atom is -0.462 e. The minimum absolute atomic E-state index is 0.0848. The summed E-state index contributed by atoms with van der Waals surface area (Å²) in [4.78, 5) is 26.2. The van der Waals surface area contributed by atoms with Crippen LogP contribution in [0.25, 0.3) is 0 Å². The van der Waals surface area contributed by atoms with Crippen LogP contribution in [-0.4, -0.2) is 46.9 Å². The summed E-state index contributed by atoms with van der Waals surface area (Å²) >= 11 is 0. The quantitative estimate of drug-likeness (QED) is 0.0321. The zero-order valence-electron chi connectivity index (χ0n) is 43.4. The Morgan fingerprint density at radius 3 is 1.11 bits per heavy atom. The van der Waals surface area contributed by atoms with Gasteiger partial charge in [-0.1, -0.05) is 270 Å². The fraction of sp³-hybridized carbons (Fsp3) is 0.931. The number of hydrogen-bond acceptors (Lipinski definition) is 5. The molecular formula is C58H113NO5. The van der Waals surface area contributed by atoms with Crippen LogP contribution in [0.2, 0.25) is 0 Å². The van der Waals surface area contributed by atoms with Crippen molar-refractivity contribution in [3.63, 3.8) is 0 Å². The van der Waals surface area contributed by atoms with E-state index in [9.17, 15) is 19.8 Å². The average Bonchev–Trinajstić information content (AvgIpc) is 3.29. The van der Waals surface area contributed by atoms with Crippen LogP contribution >= 0.6 is 0 Å². The van der Waals surface area contributed by atoms with Gasteiger partial charge in [-0.3, -0.25) is 9.59 Å². The lowest BCUT2D eigenvalue weighted by Gasteiger charge is -2.24. The van der Waals surface area contributed by atoms with Gasteiger partial charge in [0.1, 0.15) is 6.10 Å². The molecule has 0 aromatic heterocycles. The summed E-state index contributed by atoms with van der Waals surface area (Å²) in [6.07, 6.45) is 59.9. The third kappa shape index (κ3) is 47.1. The maximum atomic E-state index is 13.2. The highest BCUT2D eigenvalue weighted by atomic mass is 16.5. The number of esters is 1. The number of nitrogens with one attached hydrogen (secondary N) is 1. The Bertz CT molecular complexity index is 970. The zero-order chi connectivity index (χ0) is 46.7. The summed E-state index contributed by atoms with van der Waals surface area (Å²) in [6.45, 7) is 6.52. The molecule has 0 bridgehead atoms. The molecule has 0 aliphatic heterocycles. The molecule has 0 heterocycles. The molecule has 0 aliphatic rings. The second kappa shape index (κ2) is 52.6. The molecule has 0 aromatic carbocycles. The summed E-state index contributed by atoms with van der Waals surface area (Å²) in [5.74, 6) is -0.453. The number of ether oxygens (including phenoxy) is 1. The molecule has 64 heavy (non-hydrogen) atoms. The number of aliphatic hydroxyl groups excluding tert-OH is 2. The second-order valence-electron chi connectivity index (χ2n) is 20.1. The van der Waals surface area contributed by atoms with Gasteiger partial charge in [0.05, 0.1) is 25.2 Å². The van der Waals surface area contributed by atoms with Crippen LogP contribution in [0.15, 0.2) is 12.2 Å². The SMILES string of the molecule is CCCCCCCC/C=C/CCCCCCCCCCCC(=O)OC(CCCCCCCCCCCCCCC)CC(=O)NC(CO)C(O)CCCCCCCCCCCCCCC. The van der Waals surface area contributed by atoms with Gasteiger partial charge in [0, 0.05) is 6.42 Å². The Morgan fingerprint density at radius 2 is 0.750 bits per heavy atom. The lowest BCUT2D eigenvalue weighted by Crippen LogP contribution is -2.46. The van der Waals surface area contributed by atoms with Crippen LogP contribution in [0.4, 0.5) is 0 Å². The third-order valence-electron chi connectivity index (χ3n) is 13.6. The number of carbonyl (C=O) groups excluding carboxylic acids is 2. The molecule has 3 atom stereocenters.